The van der Waals surface area contributed by atoms with E-state index in [1.165, 1.54) is 36.9 Å². The molecule has 1 saturated heterocycles. The molecule has 122 valence electrons. The van der Waals surface area contributed by atoms with Gasteiger partial charge in [-0.1, -0.05) is 12.5 Å². The zero-order valence-corrected chi connectivity index (χ0v) is 15.1. The van der Waals surface area contributed by atoms with Gasteiger partial charge in [0.1, 0.15) is 0 Å². The van der Waals surface area contributed by atoms with Crippen LogP contribution in [0.3, 0.4) is 0 Å². The molecule has 1 aromatic carbocycles. The van der Waals surface area contributed by atoms with Crippen LogP contribution in [0.15, 0.2) is 18.2 Å². The van der Waals surface area contributed by atoms with Gasteiger partial charge in [-0.05, 0) is 82.6 Å². The molecule has 2 N–H and O–H groups in total. The SMILES string of the molecule is Cc1cc(C)cc(NC(=S)NC[C@@H](C)N2CCCC[C@@H]2C)c1. The Hall–Kier alpha value is -1.13. The summed E-state index contributed by atoms with van der Waals surface area (Å²) in [5.74, 6) is 0. The van der Waals surface area contributed by atoms with Gasteiger partial charge in [-0.25, -0.2) is 0 Å². The van der Waals surface area contributed by atoms with Crippen LogP contribution in [0.1, 0.15) is 44.2 Å². The summed E-state index contributed by atoms with van der Waals surface area (Å²) < 4.78 is 0. The lowest BCUT2D eigenvalue weighted by molar-refractivity contribution is 0.116. The van der Waals surface area contributed by atoms with E-state index >= 15 is 0 Å². The summed E-state index contributed by atoms with van der Waals surface area (Å²) in [5.41, 5.74) is 3.57. The Morgan fingerprint density at radius 3 is 2.59 bits per heavy atom. The fraction of sp³-hybridized carbons (Fsp3) is 0.611. The summed E-state index contributed by atoms with van der Waals surface area (Å²) in [6.45, 7) is 10.9. The first-order valence-corrected chi connectivity index (χ1v) is 8.75. The highest BCUT2D eigenvalue weighted by molar-refractivity contribution is 7.80. The normalized spacial score (nSPS) is 20.5. The Balaban J connectivity index is 1.81. The molecule has 0 bridgehead atoms. The van der Waals surface area contributed by atoms with E-state index in [1.807, 2.05) is 0 Å². The van der Waals surface area contributed by atoms with E-state index < -0.39 is 0 Å². The topological polar surface area (TPSA) is 27.3 Å². The van der Waals surface area contributed by atoms with E-state index in [0.717, 1.165) is 12.2 Å². The number of benzene rings is 1. The van der Waals surface area contributed by atoms with Crippen LogP contribution in [-0.4, -0.2) is 35.2 Å². The van der Waals surface area contributed by atoms with E-state index in [9.17, 15) is 0 Å². The number of nitrogens with one attached hydrogen (secondary N) is 2. The highest BCUT2D eigenvalue weighted by atomic mass is 32.1. The number of hydrogen-bond acceptors (Lipinski definition) is 2. The van der Waals surface area contributed by atoms with Crippen molar-refractivity contribution in [1.82, 2.24) is 10.2 Å². The van der Waals surface area contributed by atoms with Gasteiger partial charge in [0.25, 0.3) is 0 Å². The summed E-state index contributed by atoms with van der Waals surface area (Å²) >= 11 is 5.43. The van der Waals surface area contributed by atoms with Gasteiger partial charge in [0, 0.05) is 24.3 Å². The average molecular weight is 320 g/mol. The highest BCUT2D eigenvalue weighted by Crippen LogP contribution is 2.18. The molecule has 1 aromatic rings. The Morgan fingerprint density at radius 2 is 1.95 bits per heavy atom. The molecule has 0 spiro atoms. The summed E-state index contributed by atoms with van der Waals surface area (Å²) in [6.07, 6.45) is 4.00. The zero-order chi connectivity index (χ0) is 16.1. The summed E-state index contributed by atoms with van der Waals surface area (Å²) in [4.78, 5) is 2.59. The minimum atomic E-state index is 0.509. The number of anilines is 1. The van der Waals surface area contributed by atoms with Crippen molar-refractivity contribution in [3.63, 3.8) is 0 Å². The van der Waals surface area contributed by atoms with Crippen LogP contribution in [0.25, 0.3) is 0 Å². The highest BCUT2D eigenvalue weighted by Gasteiger charge is 2.22. The summed E-state index contributed by atoms with van der Waals surface area (Å²) in [7, 11) is 0. The van der Waals surface area contributed by atoms with Gasteiger partial charge >= 0.3 is 0 Å². The Labute approximate surface area is 140 Å². The van der Waals surface area contributed by atoms with E-state index in [1.54, 1.807) is 0 Å². The number of nitrogens with zero attached hydrogens (tertiary/aromatic N) is 1. The van der Waals surface area contributed by atoms with Crippen LogP contribution in [0.5, 0.6) is 0 Å². The molecule has 0 aliphatic carbocycles. The molecule has 0 radical (unpaired) electrons. The zero-order valence-electron chi connectivity index (χ0n) is 14.3. The minimum absolute atomic E-state index is 0.509. The Kier molecular flexibility index (Phi) is 6.21. The number of rotatable bonds is 4. The molecule has 0 unspecified atom stereocenters. The number of thiocarbonyl (C=S) groups is 1. The molecular weight excluding hydrogens is 290 g/mol. The maximum Gasteiger partial charge on any atom is 0.170 e. The number of piperidine rings is 1. The van der Waals surface area contributed by atoms with E-state index in [-0.39, 0.29) is 0 Å². The lowest BCUT2D eigenvalue weighted by Crippen LogP contribution is -2.49. The first-order chi connectivity index (χ1) is 10.5. The third kappa shape index (κ3) is 4.96. The van der Waals surface area contributed by atoms with E-state index in [4.69, 9.17) is 12.2 Å². The third-order valence-electron chi connectivity index (χ3n) is 4.46. The molecule has 0 aromatic heterocycles. The first kappa shape index (κ1) is 17.2. The molecule has 2 atom stereocenters. The van der Waals surface area contributed by atoms with Crippen molar-refractivity contribution in [2.45, 2.75) is 59.0 Å². The number of likely N-dealkylation sites (tertiary alicyclic amines) is 1. The van der Waals surface area contributed by atoms with Gasteiger partial charge in [0.2, 0.25) is 0 Å². The predicted molar refractivity (Wildman–Crippen MR) is 99.6 cm³/mol. The summed E-state index contributed by atoms with van der Waals surface area (Å²) in [5, 5.41) is 7.37. The molecule has 2 rings (SSSR count). The molecule has 1 aliphatic rings. The van der Waals surface area contributed by atoms with Crippen LogP contribution >= 0.6 is 12.2 Å². The standard InChI is InChI=1S/C18H29N3S/c1-13-9-14(2)11-17(10-13)20-18(22)19-12-16(4)21-8-6-5-7-15(21)3/h9-11,15-16H,5-8,12H2,1-4H3,(H2,19,20,22)/t15-,16+/m0/s1. The van der Waals surface area contributed by atoms with Gasteiger partial charge in [-0.2, -0.15) is 0 Å². The van der Waals surface area contributed by atoms with Crippen molar-refractivity contribution in [2.24, 2.45) is 0 Å². The minimum Gasteiger partial charge on any atom is -0.361 e. The van der Waals surface area contributed by atoms with Crippen molar-refractivity contribution >= 4 is 23.0 Å². The van der Waals surface area contributed by atoms with Crippen LogP contribution in [-0.2, 0) is 0 Å². The van der Waals surface area contributed by atoms with Crippen molar-refractivity contribution < 1.29 is 0 Å². The summed E-state index contributed by atoms with van der Waals surface area (Å²) in [6, 6.07) is 7.61. The van der Waals surface area contributed by atoms with Crippen LogP contribution in [0, 0.1) is 13.8 Å². The Bertz CT molecular complexity index is 495. The van der Waals surface area contributed by atoms with E-state index in [0.29, 0.717) is 17.2 Å². The van der Waals surface area contributed by atoms with Crippen molar-refractivity contribution in [3.05, 3.63) is 29.3 Å². The molecule has 0 amide bonds. The van der Waals surface area contributed by atoms with Crippen molar-refractivity contribution in [1.29, 1.82) is 0 Å². The van der Waals surface area contributed by atoms with Crippen molar-refractivity contribution in [3.8, 4) is 0 Å². The molecule has 3 nitrogen and oxygen atoms in total. The lowest BCUT2D eigenvalue weighted by Gasteiger charge is -2.38. The third-order valence-corrected chi connectivity index (χ3v) is 4.70. The number of hydrogen-bond donors (Lipinski definition) is 2. The first-order valence-electron chi connectivity index (χ1n) is 8.34. The fourth-order valence-electron chi connectivity index (χ4n) is 3.35. The fourth-order valence-corrected chi connectivity index (χ4v) is 3.56. The second-order valence-electron chi connectivity index (χ2n) is 6.64. The Morgan fingerprint density at radius 1 is 1.27 bits per heavy atom. The lowest BCUT2D eigenvalue weighted by atomic mass is 10.0. The van der Waals surface area contributed by atoms with Crippen LogP contribution in [0.4, 0.5) is 5.69 Å². The largest absolute Gasteiger partial charge is 0.361 e. The molecule has 4 heteroatoms. The smallest absolute Gasteiger partial charge is 0.170 e. The quantitative estimate of drug-likeness (QED) is 0.824. The van der Waals surface area contributed by atoms with Crippen LogP contribution in [0.2, 0.25) is 0 Å². The van der Waals surface area contributed by atoms with Gasteiger partial charge < -0.3 is 10.6 Å². The van der Waals surface area contributed by atoms with Crippen molar-refractivity contribution in [2.75, 3.05) is 18.4 Å². The van der Waals surface area contributed by atoms with Crippen LogP contribution < -0.4 is 10.6 Å². The molecule has 0 saturated carbocycles. The van der Waals surface area contributed by atoms with Gasteiger partial charge in [0.05, 0.1) is 0 Å². The maximum atomic E-state index is 5.43. The molecule has 22 heavy (non-hydrogen) atoms. The maximum absolute atomic E-state index is 5.43. The van der Waals surface area contributed by atoms with Gasteiger partial charge in [0.15, 0.2) is 5.11 Å². The van der Waals surface area contributed by atoms with Gasteiger partial charge in [-0.15, -0.1) is 0 Å². The molecule has 1 heterocycles. The van der Waals surface area contributed by atoms with E-state index in [2.05, 4.69) is 61.4 Å². The monoisotopic (exact) mass is 319 g/mol. The predicted octanol–water partition coefficient (Wildman–Crippen LogP) is 3.85. The molecule has 1 fully saturated rings. The molecular formula is C18H29N3S. The second-order valence-corrected chi connectivity index (χ2v) is 7.05. The number of aryl methyl sites for hydroxylation is 2. The van der Waals surface area contributed by atoms with Gasteiger partial charge in [-0.3, -0.25) is 4.90 Å². The molecule has 1 aliphatic heterocycles. The average Bonchev–Trinajstić information content (AvgIpc) is 2.44. The second kappa shape index (κ2) is 7.93.